The molecule has 2 atom stereocenters. The van der Waals surface area contributed by atoms with Gasteiger partial charge in [-0.05, 0) is 57.4 Å². The molecule has 0 aromatic carbocycles. The number of sulfonamides is 1. The second kappa shape index (κ2) is 7.76. The Labute approximate surface area is 124 Å². The molecule has 5 heteroatoms. The van der Waals surface area contributed by atoms with Gasteiger partial charge in [-0.2, -0.15) is 0 Å². The smallest absolute Gasteiger partial charge is 0.211 e. The second-order valence-corrected chi connectivity index (χ2v) is 8.56. The summed E-state index contributed by atoms with van der Waals surface area (Å²) in [4.78, 5) is 0. The lowest BCUT2D eigenvalue weighted by molar-refractivity contribution is 0.484. The summed E-state index contributed by atoms with van der Waals surface area (Å²) in [6, 6.07) is 0.896. The van der Waals surface area contributed by atoms with E-state index in [0.717, 1.165) is 57.0 Å². The topological polar surface area (TPSA) is 58.2 Å². The summed E-state index contributed by atoms with van der Waals surface area (Å²) in [5.74, 6) is 1.03. The van der Waals surface area contributed by atoms with E-state index >= 15 is 0 Å². The molecule has 0 aliphatic heterocycles. The van der Waals surface area contributed by atoms with E-state index in [-0.39, 0.29) is 11.8 Å². The van der Waals surface area contributed by atoms with E-state index < -0.39 is 10.0 Å². The van der Waals surface area contributed by atoms with Gasteiger partial charge in [-0.3, -0.25) is 0 Å². The van der Waals surface area contributed by atoms with Crippen LogP contribution in [0.5, 0.6) is 0 Å². The highest BCUT2D eigenvalue weighted by atomic mass is 32.2. The summed E-state index contributed by atoms with van der Waals surface area (Å²) in [5.41, 5.74) is 0. The van der Waals surface area contributed by atoms with Gasteiger partial charge in [0.25, 0.3) is 0 Å². The molecule has 0 bridgehead atoms. The third-order valence-corrected chi connectivity index (χ3v) is 5.97. The van der Waals surface area contributed by atoms with Crippen molar-refractivity contribution in [3.8, 4) is 0 Å². The molecule has 2 rings (SSSR count). The third-order valence-electron chi connectivity index (χ3n) is 4.45. The Kier molecular flexibility index (Phi) is 6.30. The largest absolute Gasteiger partial charge is 0.314 e. The normalized spacial score (nSPS) is 28.2. The summed E-state index contributed by atoms with van der Waals surface area (Å²) in [6.45, 7) is 3.23. The molecular formula is C15H30N2O2S. The molecule has 0 spiro atoms. The molecule has 0 amide bonds. The molecular weight excluding hydrogens is 272 g/mol. The maximum Gasteiger partial charge on any atom is 0.211 e. The van der Waals surface area contributed by atoms with Gasteiger partial charge in [0.05, 0.1) is 5.75 Å². The molecule has 0 aromatic heterocycles. The SMILES string of the molecule is CC1CCCC(NS(=O)(=O)CCCCNC2CC2)CC1. The molecule has 0 saturated heterocycles. The van der Waals surface area contributed by atoms with Crippen molar-refractivity contribution in [2.24, 2.45) is 5.92 Å². The highest BCUT2D eigenvalue weighted by Gasteiger charge is 2.22. The molecule has 2 fully saturated rings. The van der Waals surface area contributed by atoms with Crippen LogP contribution < -0.4 is 10.0 Å². The van der Waals surface area contributed by atoms with Crippen molar-refractivity contribution in [3.63, 3.8) is 0 Å². The summed E-state index contributed by atoms with van der Waals surface area (Å²) < 4.78 is 27.1. The van der Waals surface area contributed by atoms with Crippen LogP contribution >= 0.6 is 0 Å². The Morgan fingerprint density at radius 3 is 2.45 bits per heavy atom. The Morgan fingerprint density at radius 1 is 0.950 bits per heavy atom. The lowest BCUT2D eigenvalue weighted by Gasteiger charge is -2.16. The van der Waals surface area contributed by atoms with Crippen LogP contribution in [-0.2, 0) is 10.0 Å². The highest BCUT2D eigenvalue weighted by molar-refractivity contribution is 7.89. The van der Waals surface area contributed by atoms with Gasteiger partial charge in [-0.25, -0.2) is 13.1 Å². The fourth-order valence-electron chi connectivity index (χ4n) is 2.93. The minimum absolute atomic E-state index is 0.175. The van der Waals surface area contributed by atoms with Gasteiger partial charge >= 0.3 is 0 Å². The minimum atomic E-state index is -3.08. The van der Waals surface area contributed by atoms with Gasteiger partial charge in [-0.1, -0.05) is 19.8 Å². The maximum absolute atomic E-state index is 12.1. The zero-order valence-electron chi connectivity index (χ0n) is 12.7. The number of nitrogens with one attached hydrogen (secondary N) is 2. The van der Waals surface area contributed by atoms with Crippen LogP contribution in [-0.4, -0.2) is 32.8 Å². The van der Waals surface area contributed by atoms with E-state index in [4.69, 9.17) is 0 Å². The molecule has 2 N–H and O–H groups in total. The lowest BCUT2D eigenvalue weighted by Crippen LogP contribution is -2.36. The van der Waals surface area contributed by atoms with Crippen molar-refractivity contribution < 1.29 is 8.42 Å². The van der Waals surface area contributed by atoms with E-state index in [9.17, 15) is 8.42 Å². The molecule has 2 aliphatic rings. The molecule has 118 valence electrons. The second-order valence-electron chi connectivity index (χ2n) is 6.68. The van der Waals surface area contributed by atoms with Crippen molar-refractivity contribution in [2.45, 2.75) is 76.8 Å². The first kappa shape index (κ1) is 16.2. The lowest BCUT2D eigenvalue weighted by atomic mass is 10.0. The number of hydrogen-bond donors (Lipinski definition) is 2. The molecule has 2 unspecified atom stereocenters. The molecule has 0 heterocycles. The van der Waals surface area contributed by atoms with Crippen LogP contribution in [0.4, 0.5) is 0 Å². The molecule has 2 saturated carbocycles. The van der Waals surface area contributed by atoms with Gasteiger partial charge in [0.1, 0.15) is 0 Å². The maximum atomic E-state index is 12.1. The Bertz CT molecular complexity index is 379. The molecule has 0 radical (unpaired) electrons. The van der Waals surface area contributed by atoms with Crippen molar-refractivity contribution in [3.05, 3.63) is 0 Å². The average Bonchev–Trinajstić information content (AvgIpc) is 3.19. The van der Waals surface area contributed by atoms with E-state index in [1.54, 1.807) is 0 Å². The van der Waals surface area contributed by atoms with Crippen LogP contribution in [0.15, 0.2) is 0 Å². The standard InChI is InChI=1S/C15H30N2O2S/c1-13-5-4-6-15(8-7-13)17-20(18,19)12-3-2-11-16-14-9-10-14/h13-17H,2-12H2,1H3. The van der Waals surface area contributed by atoms with Gasteiger partial charge in [-0.15, -0.1) is 0 Å². The summed E-state index contributed by atoms with van der Waals surface area (Å²) in [5, 5.41) is 3.42. The van der Waals surface area contributed by atoms with E-state index in [1.165, 1.54) is 19.3 Å². The zero-order chi connectivity index (χ0) is 14.4. The van der Waals surface area contributed by atoms with Crippen molar-refractivity contribution in [2.75, 3.05) is 12.3 Å². The predicted molar refractivity (Wildman–Crippen MR) is 83.2 cm³/mol. The third kappa shape index (κ3) is 6.55. The molecule has 2 aliphatic carbocycles. The van der Waals surface area contributed by atoms with Crippen molar-refractivity contribution >= 4 is 10.0 Å². The van der Waals surface area contributed by atoms with Crippen molar-refractivity contribution in [1.82, 2.24) is 10.0 Å². The number of unbranched alkanes of at least 4 members (excludes halogenated alkanes) is 1. The zero-order valence-corrected chi connectivity index (χ0v) is 13.6. The Balaban J connectivity index is 1.61. The summed E-state index contributed by atoms with van der Waals surface area (Å²) in [6.07, 6.45) is 9.86. The quantitative estimate of drug-likeness (QED) is 0.535. The van der Waals surface area contributed by atoms with Gasteiger partial charge in [0.2, 0.25) is 10.0 Å². The van der Waals surface area contributed by atoms with Crippen LogP contribution in [0, 0.1) is 5.92 Å². The van der Waals surface area contributed by atoms with E-state index in [1.807, 2.05) is 0 Å². The van der Waals surface area contributed by atoms with E-state index in [0.29, 0.717) is 0 Å². The molecule has 4 nitrogen and oxygen atoms in total. The van der Waals surface area contributed by atoms with Crippen LogP contribution in [0.25, 0.3) is 0 Å². The number of rotatable bonds is 8. The Morgan fingerprint density at radius 2 is 1.70 bits per heavy atom. The van der Waals surface area contributed by atoms with Crippen LogP contribution in [0.3, 0.4) is 0 Å². The first-order valence-corrected chi connectivity index (χ1v) is 9.94. The van der Waals surface area contributed by atoms with E-state index in [2.05, 4.69) is 17.0 Å². The fourth-order valence-corrected chi connectivity index (χ4v) is 4.37. The van der Waals surface area contributed by atoms with Crippen LogP contribution in [0.1, 0.15) is 64.7 Å². The first-order chi connectivity index (χ1) is 9.55. The van der Waals surface area contributed by atoms with Gasteiger partial charge < -0.3 is 5.32 Å². The minimum Gasteiger partial charge on any atom is -0.314 e. The summed E-state index contributed by atoms with van der Waals surface area (Å²) >= 11 is 0. The monoisotopic (exact) mass is 302 g/mol. The molecule has 20 heavy (non-hydrogen) atoms. The van der Waals surface area contributed by atoms with Crippen molar-refractivity contribution in [1.29, 1.82) is 0 Å². The summed E-state index contributed by atoms with van der Waals surface area (Å²) in [7, 11) is -3.08. The van der Waals surface area contributed by atoms with Gasteiger partial charge in [0, 0.05) is 12.1 Å². The predicted octanol–water partition coefficient (Wildman–Crippen LogP) is 2.41. The van der Waals surface area contributed by atoms with Gasteiger partial charge in [0.15, 0.2) is 0 Å². The van der Waals surface area contributed by atoms with Crippen LogP contribution in [0.2, 0.25) is 0 Å². The highest BCUT2D eigenvalue weighted by Crippen LogP contribution is 2.23. The fraction of sp³-hybridized carbons (Fsp3) is 1.00. The Hall–Kier alpha value is -0.130. The first-order valence-electron chi connectivity index (χ1n) is 8.28. The number of hydrogen-bond acceptors (Lipinski definition) is 3. The molecule has 0 aromatic rings. The average molecular weight is 302 g/mol.